The summed E-state index contributed by atoms with van der Waals surface area (Å²) in [4.78, 5) is 20.7. The zero-order valence-corrected chi connectivity index (χ0v) is 6.49. The molecule has 0 aliphatic rings. The molecule has 0 aromatic heterocycles. The van der Waals surface area contributed by atoms with Crippen molar-refractivity contribution >= 4 is 11.9 Å². The van der Waals surface area contributed by atoms with Crippen molar-refractivity contribution in [3.63, 3.8) is 0 Å². The van der Waals surface area contributed by atoms with Gasteiger partial charge in [0.1, 0.15) is 0 Å². The van der Waals surface area contributed by atoms with E-state index in [1.165, 1.54) is 6.08 Å². The molecule has 68 valence electrons. The summed E-state index contributed by atoms with van der Waals surface area (Å²) in [6.07, 6.45) is -0.0341. The lowest BCUT2D eigenvalue weighted by Crippen LogP contribution is -2.36. The first-order valence-corrected chi connectivity index (χ1v) is 3.36. The number of aliphatic hydroxyl groups is 1. The molecule has 0 radical (unpaired) electrons. The lowest BCUT2D eigenvalue weighted by molar-refractivity contribution is -0.146. The van der Waals surface area contributed by atoms with E-state index in [0.29, 0.717) is 0 Å². The van der Waals surface area contributed by atoms with Gasteiger partial charge in [-0.25, -0.2) is 4.79 Å². The van der Waals surface area contributed by atoms with Gasteiger partial charge >= 0.3 is 5.97 Å². The van der Waals surface area contributed by atoms with Gasteiger partial charge in [-0.2, -0.15) is 0 Å². The van der Waals surface area contributed by atoms with Crippen LogP contribution in [0.5, 0.6) is 0 Å². The van der Waals surface area contributed by atoms with Crippen LogP contribution in [0.15, 0.2) is 12.7 Å². The SMILES string of the molecule is C=CCC(=O)NC[C@H](O)C(=O)O. The zero-order chi connectivity index (χ0) is 9.56. The van der Waals surface area contributed by atoms with Crippen LogP contribution in [0.1, 0.15) is 6.42 Å². The summed E-state index contributed by atoms with van der Waals surface area (Å²) in [6.45, 7) is 3.05. The summed E-state index contributed by atoms with van der Waals surface area (Å²) in [5.74, 6) is -1.71. The maximum atomic E-state index is 10.7. The molecule has 0 spiro atoms. The molecular formula is C7H11NO4. The van der Waals surface area contributed by atoms with Crippen molar-refractivity contribution in [2.24, 2.45) is 0 Å². The van der Waals surface area contributed by atoms with Crippen molar-refractivity contribution in [3.8, 4) is 0 Å². The van der Waals surface area contributed by atoms with E-state index in [0.717, 1.165) is 0 Å². The summed E-state index contributed by atoms with van der Waals surface area (Å²) in [7, 11) is 0. The van der Waals surface area contributed by atoms with Gasteiger partial charge in [-0.15, -0.1) is 6.58 Å². The Morgan fingerprint density at radius 2 is 2.17 bits per heavy atom. The summed E-state index contributed by atoms with van der Waals surface area (Å²) in [5.41, 5.74) is 0. The molecule has 0 heterocycles. The molecule has 5 nitrogen and oxygen atoms in total. The van der Waals surface area contributed by atoms with Gasteiger partial charge in [0.15, 0.2) is 6.10 Å². The van der Waals surface area contributed by atoms with Gasteiger partial charge in [0.2, 0.25) is 5.91 Å². The van der Waals surface area contributed by atoms with Gasteiger partial charge in [0.25, 0.3) is 0 Å². The molecule has 0 aromatic rings. The number of carboxylic acid groups (broad SMARTS) is 1. The van der Waals surface area contributed by atoms with Gasteiger partial charge in [0.05, 0.1) is 6.54 Å². The standard InChI is InChI=1S/C7H11NO4/c1-2-3-6(10)8-4-5(9)7(11)12/h2,5,9H,1,3-4H2,(H,8,10)(H,11,12)/t5-/m0/s1. The van der Waals surface area contributed by atoms with E-state index in [2.05, 4.69) is 11.9 Å². The Bertz CT molecular complexity index is 190. The van der Waals surface area contributed by atoms with E-state index < -0.39 is 12.1 Å². The smallest absolute Gasteiger partial charge is 0.334 e. The molecule has 12 heavy (non-hydrogen) atoms. The maximum absolute atomic E-state index is 10.7. The second-order valence-corrected chi connectivity index (χ2v) is 2.15. The number of aliphatic hydroxyl groups excluding tert-OH is 1. The number of carboxylic acids is 1. The van der Waals surface area contributed by atoms with Crippen LogP contribution in [0.25, 0.3) is 0 Å². The van der Waals surface area contributed by atoms with Crippen LogP contribution in [0.4, 0.5) is 0 Å². The highest BCUT2D eigenvalue weighted by Gasteiger charge is 2.12. The Balaban J connectivity index is 3.60. The highest BCUT2D eigenvalue weighted by Crippen LogP contribution is 1.83. The molecule has 0 aliphatic heterocycles. The van der Waals surface area contributed by atoms with E-state index in [-0.39, 0.29) is 18.9 Å². The first kappa shape index (κ1) is 10.6. The third kappa shape index (κ3) is 4.45. The molecule has 0 aliphatic carbocycles. The predicted molar refractivity (Wildman–Crippen MR) is 41.5 cm³/mol. The molecule has 0 fully saturated rings. The van der Waals surface area contributed by atoms with Gasteiger partial charge in [-0.3, -0.25) is 4.79 Å². The minimum Gasteiger partial charge on any atom is -0.479 e. The monoisotopic (exact) mass is 173 g/mol. The molecule has 0 bridgehead atoms. The van der Waals surface area contributed by atoms with E-state index >= 15 is 0 Å². The second-order valence-electron chi connectivity index (χ2n) is 2.15. The summed E-state index contributed by atoms with van der Waals surface area (Å²) in [5, 5.41) is 19.1. The fraction of sp³-hybridized carbons (Fsp3) is 0.429. The Morgan fingerprint density at radius 3 is 2.58 bits per heavy atom. The van der Waals surface area contributed by atoms with Gasteiger partial charge in [-0.05, 0) is 0 Å². The second kappa shape index (κ2) is 5.31. The number of amides is 1. The predicted octanol–water partition coefficient (Wildman–Crippen LogP) is -0.876. The van der Waals surface area contributed by atoms with Crippen molar-refractivity contribution in [2.75, 3.05) is 6.54 Å². The van der Waals surface area contributed by atoms with Crippen LogP contribution in [-0.2, 0) is 9.59 Å². The minimum atomic E-state index is -1.54. The molecular weight excluding hydrogens is 162 g/mol. The Kier molecular flexibility index (Phi) is 4.71. The normalized spacial score (nSPS) is 11.8. The van der Waals surface area contributed by atoms with Crippen LogP contribution in [0.2, 0.25) is 0 Å². The quantitative estimate of drug-likeness (QED) is 0.471. The fourth-order valence-corrected chi connectivity index (χ4v) is 0.501. The molecule has 3 N–H and O–H groups in total. The largest absolute Gasteiger partial charge is 0.479 e. The van der Waals surface area contributed by atoms with Gasteiger partial charge in [-0.1, -0.05) is 6.08 Å². The van der Waals surface area contributed by atoms with Gasteiger partial charge < -0.3 is 15.5 Å². The average molecular weight is 173 g/mol. The van der Waals surface area contributed by atoms with Crippen molar-refractivity contribution in [2.45, 2.75) is 12.5 Å². The van der Waals surface area contributed by atoms with Crippen LogP contribution in [0.3, 0.4) is 0 Å². The van der Waals surface area contributed by atoms with Crippen LogP contribution >= 0.6 is 0 Å². The Labute approximate surface area is 69.7 Å². The summed E-state index contributed by atoms with van der Waals surface area (Å²) >= 11 is 0. The summed E-state index contributed by atoms with van der Waals surface area (Å²) in [6, 6.07) is 0. The van der Waals surface area contributed by atoms with E-state index in [9.17, 15) is 9.59 Å². The minimum absolute atomic E-state index is 0.117. The number of rotatable bonds is 5. The Hall–Kier alpha value is -1.36. The lowest BCUT2D eigenvalue weighted by atomic mass is 10.3. The highest BCUT2D eigenvalue weighted by molar-refractivity contribution is 5.78. The van der Waals surface area contributed by atoms with Crippen LogP contribution in [0, 0.1) is 0 Å². The third-order valence-electron chi connectivity index (χ3n) is 1.11. The number of hydrogen-bond acceptors (Lipinski definition) is 3. The van der Waals surface area contributed by atoms with Crippen LogP contribution in [-0.4, -0.2) is 34.7 Å². The lowest BCUT2D eigenvalue weighted by Gasteiger charge is -2.05. The fourth-order valence-electron chi connectivity index (χ4n) is 0.501. The number of carbonyl (C=O) groups excluding carboxylic acids is 1. The van der Waals surface area contributed by atoms with Crippen molar-refractivity contribution in [1.82, 2.24) is 5.32 Å². The highest BCUT2D eigenvalue weighted by atomic mass is 16.4. The van der Waals surface area contributed by atoms with Gasteiger partial charge in [0, 0.05) is 6.42 Å². The third-order valence-corrected chi connectivity index (χ3v) is 1.11. The first-order chi connectivity index (χ1) is 5.57. The molecule has 1 atom stereocenters. The molecule has 0 saturated carbocycles. The molecule has 0 rings (SSSR count). The van der Waals surface area contributed by atoms with E-state index in [1.54, 1.807) is 0 Å². The van der Waals surface area contributed by atoms with E-state index in [1.807, 2.05) is 0 Å². The van der Waals surface area contributed by atoms with Crippen LogP contribution < -0.4 is 5.32 Å². The first-order valence-electron chi connectivity index (χ1n) is 3.36. The molecule has 0 saturated heterocycles. The number of nitrogens with one attached hydrogen (secondary N) is 1. The molecule has 0 unspecified atom stereocenters. The summed E-state index contributed by atoms with van der Waals surface area (Å²) < 4.78 is 0. The average Bonchev–Trinajstić information content (AvgIpc) is 2.00. The Morgan fingerprint density at radius 1 is 1.58 bits per heavy atom. The topological polar surface area (TPSA) is 86.6 Å². The zero-order valence-electron chi connectivity index (χ0n) is 6.49. The van der Waals surface area contributed by atoms with Crippen molar-refractivity contribution in [1.29, 1.82) is 0 Å². The number of hydrogen-bond donors (Lipinski definition) is 3. The number of carbonyl (C=O) groups is 2. The molecule has 0 aromatic carbocycles. The van der Waals surface area contributed by atoms with Crippen molar-refractivity contribution < 1.29 is 19.8 Å². The molecule has 1 amide bonds. The number of aliphatic carboxylic acids is 1. The van der Waals surface area contributed by atoms with Crippen molar-refractivity contribution in [3.05, 3.63) is 12.7 Å². The maximum Gasteiger partial charge on any atom is 0.334 e. The molecule has 5 heteroatoms. The van der Waals surface area contributed by atoms with E-state index in [4.69, 9.17) is 10.2 Å².